The Hall–Kier alpha value is -0.890. The number of ketones is 1. The molecule has 0 amide bonds. The van der Waals surface area contributed by atoms with E-state index in [2.05, 4.69) is 19.9 Å². The number of rotatable bonds is 3. The Morgan fingerprint density at radius 2 is 1.84 bits per heavy atom. The molecule has 0 saturated heterocycles. The molecule has 1 saturated carbocycles. The van der Waals surface area contributed by atoms with Crippen molar-refractivity contribution >= 4 is 5.78 Å². The summed E-state index contributed by atoms with van der Waals surface area (Å²) in [6.45, 7) is 6.22. The van der Waals surface area contributed by atoms with Crippen LogP contribution in [0.4, 0.5) is 0 Å². The zero-order valence-electron chi connectivity index (χ0n) is 12.7. The fourth-order valence-electron chi connectivity index (χ4n) is 3.65. The highest BCUT2D eigenvalue weighted by Gasteiger charge is 2.46. The summed E-state index contributed by atoms with van der Waals surface area (Å²) in [6.07, 6.45) is 8.80. The molecule has 0 aliphatic heterocycles. The number of carbonyl (C=O) groups excluding carboxylic acids is 1. The summed E-state index contributed by atoms with van der Waals surface area (Å²) in [7, 11) is 1.68. The van der Waals surface area contributed by atoms with Gasteiger partial charge in [-0.05, 0) is 51.2 Å². The lowest BCUT2D eigenvalue weighted by Crippen LogP contribution is -2.48. The molecule has 2 heteroatoms. The third-order valence-electron chi connectivity index (χ3n) is 5.07. The van der Waals surface area contributed by atoms with Crippen LogP contribution in [0.2, 0.25) is 0 Å². The summed E-state index contributed by atoms with van der Waals surface area (Å²) in [5.74, 6) is 0.470. The average Bonchev–Trinajstić information content (AvgIpc) is 2.45. The monoisotopic (exact) mass is 262 g/mol. The standard InChI is InChI=1S/C17H26O2/c1-12-10-11-13(2)17(19-4,14(12)3)16(18)15-8-6-5-7-9-15/h11,15H,5-10H2,1-4H3. The first-order valence-corrected chi connectivity index (χ1v) is 7.47. The van der Waals surface area contributed by atoms with Crippen LogP contribution >= 0.6 is 0 Å². The quantitative estimate of drug-likeness (QED) is 0.712. The highest BCUT2D eigenvalue weighted by Crippen LogP contribution is 2.41. The minimum absolute atomic E-state index is 0.179. The number of hydrogen-bond acceptors (Lipinski definition) is 2. The fraction of sp³-hybridized carbons (Fsp3) is 0.706. The van der Waals surface area contributed by atoms with Crippen molar-refractivity contribution in [1.82, 2.24) is 0 Å². The van der Waals surface area contributed by atoms with E-state index in [4.69, 9.17) is 4.74 Å². The number of methoxy groups -OCH3 is 1. The number of Topliss-reactive ketones (excluding diaryl/α,β-unsaturated/α-hetero) is 1. The van der Waals surface area contributed by atoms with Gasteiger partial charge in [0, 0.05) is 13.0 Å². The van der Waals surface area contributed by atoms with Gasteiger partial charge in [0.25, 0.3) is 0 Å². The first-order valence-electron chi connectivity index (χ1n) is 7.47. The summed E-state index contributed by atoms with van der Waals surface area (Å²) in [4.78, 5) is 13.1. The van der Waals surface area contributed by atoms with Crippen molar-refractivity contribution in [3.63, 3.8) is 0 Å². The third-order valence-corrected chi connectivity index (χ3v) is 5.07. The highest BCUT2D eigenvalue weighted by atomic mass is 16.5. The van der Waals surface area contributed by atoms with Crippen LogP contribution in [0, 0.1) is 5.92 Å². The lowest BCUT2D eigenvalue weighted by molar-refractivity contribution is -0.138. The maximum atomic E-state index is 13.1. The van der Waals surface area contributed by atoms with Gasteiger partial charge in [0.1, 0.15) is 0 Å². The van der Waals surface area contributed by atoms with Gasteiger partial charge in [0.2, 0.25) is 0 Å². The molecule has 106 valence electrons. The molecular weight excluding hydrogens is 236 g/mol. The van der Waals surface area contributed by atoms with Gasteiger partial charge in [-0.15, -0.1) is 0 Å². The molecular formula is C17H26O2. The van der Waals surface area contributed by atoms with Crippen molar-refractivity contribution in [3.05, 3.63) is 22.8 Å². The molecule has 2 nitrogen and oxygen atoms in total. The maximum Gasteiger partial charge on any atom is 0.176 e. The van der Waals surface area contributed by atoms with Crippen LogP contribution in [0.3, 0.4) is 0 Å². The topological polar surface area (TPSA) is 26.3 Å². The molecule has 1 unspecified atom stereocenters. The van der Waals surface area contributed by atoms with Gasteiger partial charge in [-0.25, -0.2) is 0 Å². The first kappa shape index (κ1) is 14.5. The molecule has 0 aromatic heterocycles. The van der Waals surface area contributed by atoms with Crippen LogP contribution in [0.25, 0.3) is 0 Å². The van der Waals surface area contributed by atoms with Crippen LogP contribution in [0.1, 0.15) is 59.3 Å². The molecule has 2 aliphatic carbocycles. The predicted octanol–water partition coefficient (Wildman–Crippen LogP) is 4.21. The van der Waals surface area contributed by atoms with Crippen molar-refractivity contribution in [1.29, 1.82) is 0 Å². The van der Waals surface area contributed by atoms with Gasteiger partial charge in [-0.2, -0.15) is 0 Å². The van der Waals surface area contributed by atoms with Crippen molar-refractivity contribution < 1.29 is 9.53 Å². The summed E-state index contributed by atoms with van der Waals surface area (Å²) in [6, 6.07) is 0. The van der Waals surface area contributed by atoms with Crippen molar-refractivity contribution in [2.45, 2.75) is 64.9 Å². The molecule has 0 aromatic carbocycles. The maximum absolute atomic E-state index is 13.1. The van der Waals surface area contributed by atoms with Crippen LogP contribution < -0.4 is 0 Å². The second kappa shape index (κ2) is 5.62. The lowest BCUT2D eigenvalue weighted by atomic mass is 9.70. The lowest BCUT2D eigenvalue weighted by Gasteiger charge is -2.40. The van der Waals surface area contributed by atoms with Gasteiger partial charge in [-0.3, -0.25) is 4.79 Å². The second-order valence-corrected chi connectivity index (χ2v) is 6.08. The zero-order valence-corrected chi connectivity index (χ0v) is 12.7. The summed E-state index contributed by atoms with van der Waals surface area (Å²) in [5.41, 5.74) is 2.69. The van der Waals surface area contributed by atoms with E-state index in [1.54, 1.807) is 7.11 Å². The number of hydrogen-bond donors (Lipinski definition) is 0. The van der Waals surface area contributed by atoms with Gasteiger partial charge >= 0.3 is 0 Å². The largest absolute Gasteiger partial charge is 0.362 e. The van der Waals surface area contributed by atoms with Crippen molar-refractivity contribution in [3.8, 4) is 0 Å². The third kappa shape index (κ3) is 2.31. The van der Waals surface area contributed by atoms with Crippen LogP contribution in [-0.4, -0.2) is 18.5 Å². The van der Waals surface area contributed by atoms with E-state index in [1.807, 2.05) is 6.92 Å². The summed E-state index contributed by atoms with van der Waals surface area (Å²) in [5, 5.41) is 0. The smallest absolute Gasteiger partial charge is 0.176 e. The Labute approximate surface area is 116 Å². The Bertz CT molecular complexity index is 425. The van der Waals surface area contributed by atoms with E-state index in [0.29, 0.717) is 5.78 Å². The summed E-state index contributed by atoms with van der Waals surface area (Å²) < 4.78 is 5.81. The van der Waals surface area contributed by atoms with Crippen LogP contribution in [0.5, 0.6) is 0 Å². The van der Waals surface area contributed by atoms with Gasteiger partial charge in [0.05, 0.1) is 0 Å². The van der Waals surface area contributed by atoms with E-state index < -0.39 is 5.60 Å². The second-order valence-electron chi connectivity index (χ2n) is 6.08. The van der Waals surface area contributed by atoms with E-state index in [9.17, 15) is 4.79 Å². The van der Waals surface area contributed by atoms with E-state index in [1.165, 1.54) is 24.8 Å². The van der Waals surface area contributed by atoms with Crippen molar-refractivity contribution in [2.75, 3.05) is 7.11 Å². The van der Waals surface area contributed by atoms with E-state index in [0.717, 1.165) is 30.4 Å². The average molecular weight is 262 g/mol. The van der Waals surface area contributed by atoms with Crippen molar-refractivity contribution in [2.24, 2.45) is 5.92 Å². The normalized spacial score (nSPS) is 29.4. The van der Waals surface area contributed by atoms with E-state index in [-0.39, 0.29) is 5.92 Å². The SMILES string of the molecule is COC1(C(=O)C2CCCCC2)C(C)=CCC(C)=C1C. The molecule has 2 aliphatic rings. The molecule has 0 bridgehead atoms. The van der Waals surface area contributed by atoms with E-state index >= 15 is 0 Å². The van der Waals surface area contributed by atoms with Gasteiger partial charge < -0.3 is 4.74 Å². The molecule has 0 spiro atoms. The summed E-state index contributed by atoms with van der Waals surface area (Å²) >= 11 is 0. The molecule has 0 aromatic rings. The van der Waals surface area contributed by atoms with Gasteiger partial charge in [0.15, 0.2) is 11.4 Å². The highest BCUT2D eigenvalue weighted by molar-refractivity contribution is 5.96. The molecule has 1 fully saturated rings. The molecule has 19 heavy (non-hydrogen) atoms. The Morgan fingerprint density at radius 3 is 2.42 bits per heavy atom. The molecule has 2 rings (SSSR count). The fourth-order valence-corrected chi connectivity index (χ4v) is 3.65. The van der Waals surface area contributed by atoms with Crippen LogP contribution in [0.15, 0.2) is 22.8 Å². The number of ether oxygens (including phenoxy) is 1. The Kier molecular flexibility index (Phi) is 4.29. The van der Waals surface area contributed by atoms with Crippen LogP contribution in [-0.2, 0) is 9.53 Å². The zero-order chi connectivity index (χ0) is 14.0. The molecule has 0 N–H and O–H groups in total. The number of allylic oxidation sites excluding steroid dienone is 2. The minimum Gasteiger partial charge on any atom is -0.362 e. The minimum atomic E-state index is -0.773. The molecule has 0 radical (unpaired) electrons. The molecule has 0 heterocycles. The molecule has 1 atom stereocenters. The number of carbonyl (C=O) groups is 1. The predicted molar refractivity (Wildman–Crippen MR) is 78.1 cm³/mol. The Balaban J connectivity index is 2.37. The van der Waals surface area contributed by atoms with Gasteiger partial charge in [-0.1, -0.05) is 30.9 Å². The Morgan fingerprint density at radius 1 is 1.21 bits per heavy atom. The first-order chi connectivity index (χ1) is 9.04.